The van der Waals surface area contributed by atoms with Crippen LogP contribution in [0.25, 0.3) is 5.69 Å². The highest BCUT2D eigenvalue weighted by Crippen LogP contribution is 2.26. The molecule has 0 aliphatic carbocycles. The summed E-state index contributed by atoms with van der Waals surface area (Å²) in [5, 5.41) is 8.92. The topological polar surface area (TPSA) is 46.3 Å². The highest BCUT2D eigenvalue weighted by atomic mass is 15.3. The molecule has 1 aromatic heterocycles. The van der Waals surface area contributed by atoms with Crippen LogP contribution in [-0.2, 0) is 13.1 Å². The summed E-state index contributed by atoms with van der Waals surface area (Å²) in [5.74, 6) is 1.87. The van der Waals surface area contributed by atoms with E-state index in [4.69, 9.17) is 4.99 Å². The Balaban J connectivity index is 1.84. The lowest BCUT2D eigenvalue weighted by molar-refractivity contribution is 0.286. The van der Waals surface area contributed by atoms with Crippen molar-refractivity contribution in [3.05, 3.63) is 77.4 Å². The Hall–Kier alpha value is -2.79. The monoisotopic (exact) mass is 345 g/mol. The van der Waals surface area contributed by atoms with Crippen molar-refractivity contribution in [3.63, 3.8) is 0 Å². The summed E-state index contributed by atoms with van der Waals surface area (Å²) in [4.78, 5) is 7.24. The van der Waals surface area contributed by atoms with Gasteiger partial charge >= 0.3 is 0 Å². The first-order valence-electron chi connectivity index (χ1n) is 9.17. The second kappa shape index (κ2) is 7.22. The molecule has 0 saturated heterocycles. The minimum atomic E-state index is 0.532. The zero-order chi connectivity index (χ0) is 17.9. The zero-order valence-corrected chi connectivity index (χ0v) is 15.3. The molecule has 0 spiro atoms. The summed E-state index contributed by atoms with van der Waals surface area (Å²) in [6.07, 6.45) is 0. The SMILES string of the molecule is CCN(CC)Cc1nnc2n1-c1ccccc1C(c1ccccc1)=NC2. The van der Waals surface area contributed by atoms with E-state index in [1.807, 2.05) is 6.07 Å². The van der Waals surface area contributed by atoms with E-state index in [-0.39, 0.29) is 0 Å². The Bertz CT molecular complexity index is 923. The van der Waals surface area contributed by atoms with Crippen LogP contribution in [0.4, 0.5) is 0 Å². The molecule has 0 atom stereocenters. The third kappa shape index (κ3) is 2.95. The van der Waals surface area contributed by atoms with Crippen LogP contribution in [-0.4, -0.2) is 38.5 Å². The van der Waals surface area contributed by atoms with E-state index in [0.29, 0.717) is 6.54 Å². The summed E-state index contributed by atoms with van der Waals surface area (Å²) in [5.41, 5.74) is 4.37. The van der Waals surface area contributed by atoms with E-state index in [1.165, 1.54) is 0 Å². The minimum Gasteiger partial charge on any atom is -0.296 e. The zero-order valence-electron chi connectivity index (χ0n) is 15.3. The maximum Gasteiger partial charge on any atom is 0.159 e. The highest BCUT2D eigenvalue weighted by molar-refractivity contribution is 6.15. The molecule has 2 aromatic carbocycles. The molecule has 5 nitrogen and oxygen atoms in total. The van der Waals surface area contributed by atoms with Gasteiger partial charge in [0.15, 0.2) is 11.6 Å². The molecule has 1 aliphatic heterocycles. The molecule has 0 amide bonds. The lowest BCUT2D eigenvalue weighted by atomic mass is 10.0. The van der Waals surface area contributed by atoms with Gasteiger partial charge in [-0.1, -0.05) is 62.4 Å². The fourth-order valence-corrected chi connectivity index (χ4v) is 3.43. The Kier molecular flexibility index (Phi) is 4.63. The molecule has 0 radical (unpaired) electrons. The minimum absolute atomic E-state index is 0.532. The van der Waals surface area contributed by atoms with Crippen LogP contribution in [0.1, 0.15) is 36.6 Å². The number of hydrogen-bond donors (Lipinski definition) is 0. The number of para-hydroxylation sites is 1. The van der Waals surface area contributed by atoms with Crippen molar-refractivity contribution in [1.29, 1.82) is 0 Å². The van der Waals surface area contributed by atoms with Gasteiger partial charge in [0.2, 0.25) is 0 Å². The predicted molar refractivity (Wildman–Crippen MR) is 104 cm³/mol. The first-order chi connectivity index (χ1) is 12.8. The van der Waals surface area contributed by atoms with Gasteiger partial charge in [-0.25, -0.2) is 0 Å². The molecular formula is C21H23N5. The molecule has 0 saturated carbocycles. The second-order valence-corrected chi connectivity index (χ2v) is 6.38. The normalized spacial score (nSPS) is 13.1. The lowest BCUT2D eigenvalue weighted by Crippen LogP contribution is -2.24. The first-order valence-corrected chi connectivity index (χ1v) is 9.17. The van der Waals surface area contributed by atoms with Crippen LogP contribution in [0, 0.1) is 0 Å². The molecule has 132 valence electrons. The molecular weight excluding hydrogens is 322 g/mol. The molecule has 0 fully saturated rings. The fraction of sp³-hybridized carbons (Fsp3) is 0.286. The average Bonchev–Trinajstić information content (AvgIpc) is 3.01. The van der Waals surface area contributed by atoms with E-state index in [2.05, 4.69) is 82.0 Å². The number of fused-ring (bicyclic) bond motifs is 3. The van der Waals surface area contributed by atoms with Gasteiger partial charge in [0.1, 0.15) is 6.54 Å². The van der Waals surface area contributed by atoms with Crippen molar-refractivity contribution < 1.29 is 0 Å². The highest BCUT2D eigenvalue weighted by Gasteiger charge is 2.23. The van der Waals surface area contributed by atoms with E-state index < -0.39 is 0 Å². The number of aliphatic imine (C=N–C) groups is 1. The third-order valence-electron chi connectivity index (χ3n) is 4.88. The maximum absolute atomic E-state index is 4.89. The standard InChI is InChI=1S/C21H23N5/c1-3-25(4-2)15-20-24-23-19-14-22-21(16-10-6-5-7-11-16)17-12-8-9-13-18(17)26(19)20/h5-13H,3-4,14-15H2,1-2H3. The van der Waals surface area contributed by atoms with E-state index in [1.54, 1.807) is 0 Å². The van der Waals surface area contributed by atoms with Crippen molar-refractivity contribution in [3.8, 4) is 5.69 Å². The van der Waals surface area contributed by atoms with E-state index in [0.717, 1.165) is 53.8 Å². The summed E-state index contributed by atoms with van der Waals surface area (Å²) in [6, 6.07) is 18.8. The molecule has 0 bridgehead atoms. The Morgan fingerprint density at radius 2 is 1.65 bits per heavy atom. The first kappa shape index (κ1) is 16.7. The van der Waals surface area contributed by atoms with Gasteiger partial charge in [-0.3, -0.25) is 14.5 Å². The van der Waals surface area contributed by atoms with Crippen LogP contribution in [0.3, 0.4) is 0 Å². The maximum atomic E-state index is 4.89. The molecule has 26 heavy (non-hydrogen) atoms. The van der Waals surface area contributed by atoms with Crippen LogP contribution < -0.4 is 0 Å². The summed E-state index contributed by atoms with van der Waals surface area (Å²) < 4.78 is 2.19. The summed E-state index contributed by atoms with van der Waals surface area (Å²) in [6.45, 7) is 7.65. The number of hydrogen-bond acceptors (Lipinski definition) is 4. The Morgan fingerprint density at radius 1 is 0.923 bits per heavy atom. The molecule has 3 aromatic rings. The fourth-order valence-electron chi connectivity index (χ4n) is 3.43. The molecule has 0 N–H and O–H groups in total. The number of nitrogens with zero attached hydrogens (tertiary/aromatic N) is 5. The predicted octanol–water partition coefficient (Wildman–Crippen LogP) is 3.46. The van der Waals surface area contributed by atoms with Gasteiger partial charge in [-0.05, 0) is 19.2 Å². The van der Waals surface area contributed by atoms with Crippen molar-refractivity contribution in [2.45, 2.75) is 26.9 Å². The molecule has 4 rings (SSSR count). The van der Waals surface area contributed by atoms with Crippen molar-refractivity contribution in [2.24, 2.45) is 4.99 Å². The van der Waals surface area contributed by atoms with Gasteiger partial charge in [0, 0.05) is 11.1 Å². The Labute approximate surface area is 154 Å². The van der Waals surface area contributed by atoms with Crippen LogP contribution in [0.15, 0.2) is 59.6 Å². The molecule has 0 unspecified atom stereocenters. The van der Waals surface area contributed by atoms with Gasteiger partial charge < -0.3 is 0 Å². The second-order valence-electron chi connectivity index (χ2n) is 6.38. The third-order valence-corrected chi connectivity index (χ3v) is 4.88. The van der Waals surface area contributed by atoms with Gasteiger partial charge in [-0.2, -0.15) is 0 Å². The van der Waals surface area contributed by atoms with Gasteiger partial charge in [-0.15, -0.1) is 10.2 Å². The van der Waals surface area contributed by atoms with Gasteiger partial charge in [0.05, 0.1) is 17.9 Å². The quantitative estimate of drug-likeness (QED) is 0.711. The molecule has 2 heterocycles. The summed E-state index contributed by atoms with van der Waals surface area (Å²) in [7, 11) is 0. The smallest absolute Gasteiger partial charge is 0.159 e. The Morgan fingerprint density at radius 3 is 2.42 bits per heavy atom. The summed E-state index contributed by atoms with van der Waals surface area (Å²) >= 11 is 0. The number of aromatic nitrogens is 3. The van der Waals surface area contributed by atoms with Crippen molar-refractivity contribution >= 4 is 5.71 Å². The van der Waals surface area contributed by atoms with Gasteiger partial charge in [0.25, 0.3) is 0 Å². The van der Waals surface area contributed by atoms with Crippen molar-refractivity contribution in [2.75, 3.05) is 13.1 Å². The van der Waals surface area contributed by atoms with Crippen LogP contribution in [0.5, 0.6) is 0 Å². The van der Waals surface area contributed by atoms with Crippen molar-refractivity contribution in [1.82, 2.24) is 19.7 Å². The molecule has 5 heteroatoms. The largest absolute Gasteiger partial charge is 0.296 e. The lowest BCUT2D eigenvalue weighted by Gasteiger charge is -2.19. The molecule has 1 aliphatic rings. The average molecular weight is 345 g/mol. The number of rotatable bonds is 5. The van der Waals surface area contributed by atoms with Crippen LogP contribution in [0.2, 0.25) is 0 Å². The van der Waals surface area contributed by atoms with E-state index in [9.17, 15) is 0 Å². The van der Waals surface area contributed by atoms with Crippen LogP contribution >= 0.6 is 0 Å². The van der Waals surface area contributed by atoms with E-state index >= 15 is 0 Å². The number of benzene rings is 2.